The fourth-order valence-electron chi connectivity index (χ4n) is 5.03. The number of rotatable bonds is 8. The normalized spacial score (nSPS) is 12.5. The van der Waals surface area contributed by atoms with Gasteiger partial charge in [-0.1, -0.05) is 23.9 Å². The molecule has 0 fully saturated rings. The summed E-state index contributed by atoms with van der Waals surface area (Å²) in [6.45, 7) is 5.57. The lowest BCUT2D eigenvalue weighted by Gasteiger charge is -2.17. The third-order valence-electron chi connectivity index (χ3n) is 7.31. The van der Waals surface area contributed by atoms with Gasteiger partial charge >= 0.3 is 12.1 Å². The third kappa shape index (κ3) is 6.88. The lowest BCUT2D eigenvalue weighted by Crippen LogP contribution is -2.27. The van der Waals surface area contributed by atoms with Crippen LogP contribution in [-0.4, -0.2) is 21.6 Å². The fraction of sp³-hybridized carbons (Fsp3) is 0.176. The minimum Gasteiger partial charge on any atom is -0.478 e. The second-order valence-electron chi connectivity index (χ2n) is 10.8. The summed E-state index contributed by atoms with van der Waals surface area (Å²) in [6.07, 6.45) is -2.68. The number of halogens is 5. The Labute approximate surface area is 259 Å². The SMILES string of the molecule is CC(C)n1cc(Sc2ccc(C(F)(F)F)cc2)c2c(C(=O)N[C@@H](C)c3ccc(C(=O)O)cc3)cc(-c3cc(F)cc(F)c3)cc21. The zero-order valence-corrected chi connectivity index (χ0v) is 25.1. The zero-order chi connectivity index (χ0) is 32.6. The summed E-state index contributed by atoms with van der Waals surface area (Å²) >= 11 is 1.19. The minimum atomic E-state index is -4.49. The molecule has 45 heavy (non-hydrogen) atoms. The third-order valence-corrected chi connectivity index (χ3v) is 8.35. The summed E-state index contributed by atoms with van der Waals surface area (Å²) in [6, 6.07) is 16.4. The van der Waals surface area contributed by atoms with Crippen molar-refractivity contribution < 1.29 is 36.6 Å². The van der Waals surface area contributed by atoms with Crippen LogP contribution in [0, 0.1) is 11.6 Å². The van der Waals surface area contributed by atoms with Crippen LogP contribution in [-0.2, 0) is 6.18 Å². The highest BCUT2D eigenvalue weighted by atomic mass is 32.2. The van der Waals surface area contributed by atoms with E-state index in [1.54, 1.807) is 31.3 Å². The molecule has 1 amide bonds. The first kappa shape index (κ1) is 31.8. The van der Waals surface area contributed by atoms with Crippen molar-refractivity contribution in [2.75, 3.05) is 0 Å². The number of amides is 1. The fourth-order valence-corrected chi connectivity index (χ4v) is 6.04. The van der Waals surface area contributed by atoms with E-state index in [1.165, 1.54) is 54.2 Å². The van der Waals surface area contributed by atoms with E-state index in [-0.39, 0.29) is 22.7 Å². The summed E-state index contributed by atoms with van der Waals surface area (Å²) in [4.78, 5) is 26.4. The molecule has 0 spiro atoms. The molecule has 0 bridgehead atoms. The Morgan fingerprint density at radius 2 is 1.44 bits per heavy atom. The molecule has 1 atom stereocenters. The summed E-state index contributed by atoms with van der Waals surface area (Å²) in [5.74, 6) is -3.16. The number of aromatic carboxylic acids is 1. The molecule has 1 heterocycles. The van der Waals surface area contributed by atoms with Gasteiger partial charge in [-0.3, -0.25) is 4.79 Å². The van der Waals surface area contributed by atoms with Gasteiger partial charge < -0.3 is 15.0 Å². The van der Waals surface area contributed by atoms with E-state index in [4.69, 9.17) is 0 Å². The summed E-state index contributed by atoms with van der Waals surface area (Å²) in [5.41, 5.74) is 1.33. The molecule has 0 saturated carbocycles. The van der Waals surface area contributed by atoms with Crippen LogP contribution in [0.2, 0.25) is 0 Å². The van der Waals surface area contributed by atoms with E-state index in [0.717, 1.165) is 18.2 Å². The number of hydrogen-bond donors (Lipinski definition) is 2. The molecule has 0 saturated heterocycles. The van der Waals surface area contributed by atoms with Crippen LogP contribution in [0.4, 0.5) is 22.0 Å². The Bertz CT molecular complexity index is 1880. The summed E-state index contributed by atoms with van der Waals surface area (Å²) in [5, 5.41) is 12.7. The van der Waals surface area contributed by atoms with Crippen molar-refractivity contribution in [1.29, 1.82) is 0 Å². The first-order valence-corrected chi connectivity index (χ1v) is 14.7. The lowest BCUT2D eigenvalue weighted by atomic mass is 9.98. The number of carbonyl (C=O) groups excluding carboxylic acids is 1. The average Bonchev–Trinajstić information content (AvgIpc) is 3.34. The number of benzene rings is 4. The van der Waals surface area contributed by atoms with Crippen molar-refractivity contribution in [2.45, 2.75) is 48.8 Å². The molecule has 1 aromatic heterocycles. The molecule has 232 valence electrons. The topological polar surface area (TPSA) is 71.3 Å². The predicted molar refractivity (Wildman–Crippen MR) is 163 cm³/mol. The van der Waals surface area contributed by atoms with Crippen LogP contribution >= 0.6 is 11.8 Å². The van der Waals surface area contributed by atoms with Gasteiger partial charge in [0.2, 0.25) is 0 Å². The number of nitrogens with one attached hydrogen (secondary N) is 1. The van der Waals surface area contributed by atoms with Crippen LogP contribution in [0.15, 0.2) is 94.9 Å². The molecule has 0 unspecified atom stereocenters. The van der Waals surface area contributed by atoms with Crippen molar-refractivity contribution >= 4 is 34.5 Å². The highest BCUT2D eigenvalue weighted by molar-refractivity contribution is 7.99. The van der Waals surface area contributed by atoms with Crippen LogP contribution in [0.25, 0.3) is 22.0 Å². The second-order valence-corrected chi connectivity index (χ2v) is 11.9. The smallest absolute Gasteiger partial charge is 0.416 e. The molecule has 4 aromatic carbocycles. The van der Waals surface area contributed by atoms with Crippen LogP contribution in [0.1, 0.15) is 64.7 Å². The molecule has 5 nitrogen and oxygen atoms in total. The number of hydrogen-bond acceptors (Lipinski definition) is 3. The molecule has 2 N–H and O–H groups in total. The van der Waals surface area contributed by atoms with E-state index >= 15 is 0 Å². The minimum absolute atomic E-state index is 0.0916. The molecular weight excluding hydrogens is 611 g/mol. The molecule has 0 aliphatic rings. The Balaban J connectivity index is 1.64. The van der Waals surface area contributed by atoms with Gasteiger partial charge in [0, 0.05) is 33.5 Å². The van der Waals surface area contributed by atoms with Crippen LogP contribution < -0.4 is 5.32 Å². The average molecular weight is 639 g/mol. The predicted octanol–water partition coefficient (Wildman–Crippen LogP) is 9.53. The first-order chi connectivity index (χ1) is 21.2. The van der Waals surface area contributed by atoms with Gasteiger partial charge in [0.25, 0.3) is 5.91 Å². The monoisotopic (exact) mass is 638 g/mol. The van der Waals surface area contributed by atoms with Gasteiger partial charge in [-0.2, -0.15) is 13.2 Å². The molecular formula is C34H27F5N2O3S. The standard InChI is InChI=1S/C34H27F5N2O3S/c1-18(2)41-17-30(45-27-10-8-24(9-11-27)34(37,38)39)31-28(14-23(15-29(31)41)22-12-25(35)16-26(36)13-22)32(42)40-19(3)20-4-6-21(7-5-20)33(43)44/h4-19H,1-3H3,(H,40,42)(H,43,44)/t19-/m0/s1. The van der Waals surface area contributed by atoms with Crippen molar-refractivity contribution in [3.8, 4) is 11.1 Å². The molecule has 5 rings (SSSR count). The number of carboxylic acids is 1. The van der Waals surface area contributed by atoms with Crippen molar-refractivity contribution in [3.63, 3.8) is 0 Å². The number of carboxylic acid groups (broad SMARTS) is 1. The Hall–Kier alpha value is -4.64. The van der Waals surface area contributed by atoms with Gasteiger partial charge in [-0.25, -0.2) is 13.6 Å². The van der Waals surface area contributed by atoms with E-state index in [9.17, 15) is 36.6 Å². The number of alkyl halides is 3. The van der Waals surface area contributed by atoms with Gasteiger partial charge in [-0.15, -0.1) is 0 Å². The quantitative estimate of drug-likeness (QED) is 0.166. The van der Waals surface area contributed by atoms with Gasteiger partial charge in [-0.05, 0) is 98.1 Å². The number of carbonyl (C=O) groups is 2. The molecule has 0 aliphatic heterocycles. The van der Waals surface area contributed by atoms with E-state index in [1.807, 2.05) is 18.4 Å². The summed E-state index contributed by atoms with van der Waals surface area (Å²) in [7, 11) is 0. The zero-order valence-electron chi connectivity index (χ0n) is 24.2. The maximum Gasteiger partial charge on any atom is 0.416 e. The first-order valence-electron chi connectivity index (χ1n) is 13.9. The highest BCUT2D eigenvalue weighted by Crippen LogP contribution is 2.41. The molecule has 11 heteroatoms. The largest absolute Gasteiger partial charge is 0.478 e. The highest BCUT2D eigenvalue weighted by Gasteiger charge is 2.30. The van der Waals surface area contributed by atoms with Crippen molar-refractivity contribution in [3.05, 3.63) is 119 Å². The van der Waals surface area contributed by atoms with E-state index in [0.29, 0.717) is 31.8 Å². The van der Waals surface area contributed by atoms with Crippen LogP contribution in [0.3, 0.4) is 0 Å². The molecule has 0 radical (unpaired) electrons. The Morgan fingerprint density at radius 1 is 0.844 bits per heavy atom. The van der Waals surface area contributed by atoms with Gasteiger partial charge in [0.15, 0.2) is 0 Å². The van der Waals surface area contributed by atoms with E-state index in [2.05, 4.69) is 5.32 Å². The maximum atomic E-state index is 14.2. The second kappa shape index (κ2) is 12.4. The Morgan fingerprint density at radius 3 is 2.00 bits per heavy atom. The molecule has 0 aliphatic carbocycles. The summed E-state index contributed by atoms with van der Waals surface area (Å²) < 4.78 is 69.9. The number of fused-ring (bicyclic) bond motifs is 1. The number of nitrogens with zero attached hydrogens (tertiary/aromatic N) is 1. The van der Waals surface area contributed by atoms with Crippen molar-refractivity contribution in [1.82, 2.24) is 9.88 Å². The van der Waals surface area contributed by atoms with Gasteiger partial charge in [0.05, 0.1) is 28.2 Å². The maximum absolute atomic E-state index is 14.2. The van der Waals surface area contributed by atoms with Crippen LogP contribution in [0.5, 0.6) is 0 Å². The molecule has 5 aromatic rings. The lowest BCUT2D eigenvalue weighted by molar-refractivity contribution is -0.137. The van der Waals surface area contributed by atoms with Crippen molar-refractivity contribution in [2.24, 2.45) is 0 Å². The van der Waals surface area contributed by atoms with Gasteiger partial charge in [0.1, 0.15) is 11.6 Å². The Kier molecular flexibility index (Phi) is 8.75. The number of aromatic nitrogens is 1. The van der Waals surface area contributed by atoms with E-state index < -0.39 is 41.3 Å².